The predicted octanol–water partition coefficient (Wildman–Crippen LogP) is -0.151. The fraction of sp³-hybridized carbons (Fsp3) is 0.688. The first-order valence-electron chi connectivity index (χ1n) is 8.71. The smallest absolute Gasteiger partial charge is 0.328 e. The van der Waals surface area contributed by atoms with Crippen molar-refractivity contribution >= 4 is 33.9 Å². The van der Waals surface area contributed by atoms with Gasteiger partial charge in [0.1, 0.15) is 26.6 Å². The number of hydrogen-bond acceptors (Lipinski definition) is 8. The van der Waals surface area contributed by atoms with E-state index in [1.807, 2.05) is 0 Å². The van der Waals surface area contributed by atoms with Crippen LogP contribution in [-0.2, 0) is 14.3 Å². The highest BCUT2D eigenvalue weighted by atomic mass is 32.1. The van der Waals surface area contributed by atoms with E-state index >= 15 is 0 Å². The van der Waals surface area contributed by atoms with Gasteiger partial charge in [-0.1, -0.05) is 32.5 Å². The van der Waals surface area contributed by atoms with E-state index in [9.17, 15) is 14.0 Å². The number of aromatic amines is 1. The lowest BCUT2D eigenvalue weighted by atomic mass is 9.61. The van der Waals surface area contributed by atoms with Crippen LogP contribution in [-0.4, -0.2) is 73.7 Å². The van der Waals surface area contributed by atoms with E-state index in [0.29, 0.717) is 12.8 Å². The highest BCUT2D eigenvalue weighted by Gasteiger charge is 2.39. The van der Waals surface area contributed by atoms with Crippen LogP contribution in [0.5, 0.6) is 0 Å². The Morgan fingerprint density at radius 2 is 1.93 bits per heavy atom. The molecule has 2 rings (SSSR count). The molecular formula is C16H28B2FN3O6S. The molecule has 162 valence electrons. The first-order chi connectivity index (χ1) is 13.7. The Bertz CT molecular complexity index is 717. The number of ether oxygens (including phenoxy) is 2. The molecule has 2 unspecified atom stereocenters. The van der Waals surface area contributed by atoms with E-state index in [1.165, 1.54) is 6.42 Å². The van der Waals surface area contributed by atoms with Gasteiger partial charge in [-0.3, -0.25) is 14.3 Å². The highest BCUT2D eigenvalue weighted by molar-refractivity contribution is 7.71. The topological polar surface area (TPSA) is 140 Å². The number of nitrogens with zero attached hydrogens (tertiary/aromatic N) is 1. The monoisotopic (exact) mass is 431 g/mol. The van der Waals surface area contributed by atoms with Crippen molar-refractivity contribution in [2.24, 2.45) is 5.73 Å². The second kappa shape index (κ2) is 15.3. The molecule has 0 amide bonds. The molecule has 1 aromatic heterocycles. The summed E-state index contributed by atoms with van der Waals surface area (Å²) in [6.45, 7) is 3.87. The third kappa shape index (κ3) is 9.68. The van der Waals surface area contributed by atoms with Crippen LogP contribution >= 0.6 is 12.2 Å². The van der Waals surface area contributed by atoms with Crippen LogP contribution in [0, 0.1) is 10.5 Å². The zero-order valence-corrected chi connectivity index (χ0v) is 17.9. The number of carbonyl (C=O) groups is 1. The minimum Gasteiger partial charge on any atom is -0.476 e. The number of esters is 1. The lowest BCUT2D eigenvalue weighted by Crippen LogP contribution is -2.48. The van der Waals surface area contributed by atoms with Crippen LogP contribution in [0.4, 0.5) is 4.39 Å². The minimum atomic E-state index is -1.89. The fourth-order valence-electron chi connectivity index (χ4n) is 2.14. The second-order valence-corrected chi connectivity index (χ2v) is 5.95. The van der Waals surface area contributed by atoms with Crippen molar-refractivity contribution in [2.75, 3.05) is 20.8 Å². The number of hydrogen-bond donors (Lipinski definition) is 4. The number of H-pyrrole nitrogens is 1. The molecule has 1 aromatic rings. The molecule has 5 N–H and O–H groups in total. The van der Waals surface area contributed by atoms with Crippen molar-refractivity contribution in [1.29, 1.82) is 0 Å². The third-order valence-electron chi connectivity index (χ3n) is 3.19. The molecule has 2 heterocycles. The van der Waals surface area contributed by atoms with Gasteiger partial charge in [-0.05, 0) is 12.8 Å². The van der Waals surface area contributed by atoms with Crippen molar-refractivity contribution in [3.05, 3.63) is 27.1 Å². The Labute approximate surface area is 177 Å². The largest absolute Gasteiger partial charge is 0.476 e. The first kappa shape index (κ1) is 29.7. The molecule has 0 saturated carbocycles. The van der Waals surface area contributed by atoms with E-state index < -0.39 is 35.2 Å². The Morgan fingerprint density at radius 1 is 1.41 bits per heavy atom. The van der Waals surface area contributed by atoms with E-state index in [-0.39, 0.29) is 11.2 Å². The number of aromatic nitrogens is 2. The number of halogens is 1. The van der Waals surface area contributed by atoms with Gasteiger partial charge in [-0.15, -0.1) is 0 Å². The molecule has 0 bridgehead atoms. The standard InChI is InChI=1S/C11H12B2FN3O4S.C3H8.2CH4O/c12-11(13,21-8(18)3-15)6-1-2-7(20-6)17-4-5(14)9(22)16-10(17)19;1-3-2;2*1-2/h4,6-7H,1-3,15H2,(H,16,19,22);3H2,1-2H3;2*2H,1H3. The van der Waals surface area contributed by atoms with E-state index in [0.717, 1.165) is 25.0 Å². The summed E-state index contributed by atoms with van der Waals surface area (Å²) in [7, 11) is 13.4. The normalized spacial score (nSPS) is 17.5. The number of nitrogens with one attached hydrogen (secondary N) is 1. The van der Waals surface area contributed by atoms with Crippen LogP contribution in [0.25, 0.3) is 0 Å². The van der Waals surface area contributed by atoms with Gasteiger partial charge in [0.05, 0.1) is 24.2 Å². The molecule has 1 saturated heterocycles. The molecule has 0 aliphatic carbocycles. The van der Waals surface area contributed by atoms with Crippen LogP contribution in [0.1, 0.15) is 39.3 Å². The second-order valence-electron chi connectivity index (χ2n) is 5.54. The Morgan fingerprint density at radius 3 is 2.41 bits per heavy atom. The number of aliphatic hydroxyl groups excluding tert-OH is 2. The Hall–Kier alpha value is -1.53. The summed E-state index contributed by atoms with van der Waals surface area (Å²) in [6, 6.07) is 0. The van der Waals surface area contributed by atoms with Gasteiger partial charge in [0.15, 0.2) is 5.82 Å². The van der Waals surface area contributed by atoms with Gasteiger partial charge in [0, 0.05) is 14.2 Å². The van der Waals surface area contributed by atoms with Gasteiger partial charge in [-0.25, -0.2) is 9.18 Å². The van der Waals surface area contributed by atoms with Gasteiger partial charge in [0.2, 0.25) is 0 Å². The minimum absolute atomic E-state index is 0.292. The number of rotatable bonds is 4. The molecule has 2 atom stereocenters. The number of nitrogens with two attached hydrogens (primary N) is 1. The Balaban J connectivity index is 0. The van der Waals surface area contributed by atoms with Crippen LogP contribution in [0.15, 0.2) is 11.0 Å². The third-order valence-corrected chi connectivity index (χ3v) is 3.49. The summed E-state index contributed by atoms with van der Waals surface area (Å²) in [4.78, 5) is 25.2. The number of carbonyl (C=O) groups excluding carboxylic acids is 1. The van der Waals surface area contributed by atoms with E-state index in [2.05, 4.69) is 31.0 Å². The first-order valence-corrected chi connectivity index (χ1v) is 9.12. The van der Waals surface area contributed by atoms with Crippen molar-refractivity contribution in [3.63, 3.8) is 0 Å². The molecule has 1 aliphatic heterocycles. The summed E-state index contributed by atoms with van der Waals surface area (Å²) < 4.78 is 24.5. The molecular weight excluding hydrogens is 403 g/mol. The zero-order valence-electron chi connectivity index (χ0n) is 17.1. The average molecular weight is 431 g/mol. The predicted molar refractivity (Wildman–Crippen MR) is 111 cm³/mol. The van der Waals surface area contributed by atoms with Gasteiger partial charge >= 0.3 is 11.7 Å². The molecule has 9 nitrogen and oxygen atoms in total. The molecule has 0 spiro atoms. The summed E-state index contributed by atoms with van der Waals surface area (Å²) in [5.41, 5.74) is 4.49. The SMILES string of the molecule is CCC.CO.CO.[B]C([B])(OC(=O)CN)C1CCC(n2cc(F)c(=S)[nH]c2=O)O1. The molecule has 13 heteroatoms. The van der Waals surface area contributed by atoms with Gasteiger partial charge in [0.25, 0.3) is 0 Å². The van der Waals surface area contributed by atoms with Crippen molar-refractivity contribution in [3.8, 4) is 0 Å². The number of aliphatic hydroxyl groups is 2. The summed E-state index contributed by atoms with van der Waals surface area (Å²) >= 11 is 4.62. The van der Waals surface area contributed by atoms with Gasteiger partial charge in [-0.2, -0.15) is 0 Å². The van der Waals surface area contributed by atoms with Crippen molar-refractivity contribution in [2.45, 2.75) is 50.8 Å². The van der Waals surface area contributed by atoms with Crippen LogP contribution in [0.3, 0.4) is 0 Å². The average Bonchev–Trinajstić information content (AvgIpc) is 3.19. The van der Waals surface area contributed by atoms with E-state index in [4.69, 9.17) is 41.1 Å². The Kier molecular flexibility index (Phi) is 15.7. The molecule has 1 fully saturated rings. The summed E-state index contributed by atoms with van der Waals surface area (Å²) in [5, 5.41) is 12.1. The molecule has 0 aromatic carbocycles. The molecule has 29 heavy (non-hydrogen) atoms. The fourth-order valence-corrected chi connectivity index (χ4v) is 2.28. The quantitative estimate of drug-likeness (QED) is 0.293. The molecule has 1 aliphatic rings. The van der Waals surface area contributed by atoms with E-state index in [1.54, 1.807) is 0 Å². The van der Waals surface area contributed by atoms with Crippen LogP contribution < -0.4 is 11.4 Å². The zero-order chi connectivity index (χ0) is 23.2. The van der Waals surface area contributed by atoms with Gasteiger partial charge < -0.3 is 25.4 Å². The maximum atomic E-state index is 13.5. The van der Waals surface area contributed by atoms with Crippen LogP contribution in [0.2, 0.25) is 0 Å². The summed E-state index contributed by atoms with van der Waals surface area (Å²) in [5.74, 6) is -1.55. The maximum Gasteiger partial charge on any atom is 0.328 e. The highest BCUT2D eigenvalue weighted by Crippen LogP contribution is 2.32. The summed E-state index contributed by atoms with van der Waals surface area (Å²) in [6.07, 6.45) is 1.15. The van der Waals surface area contributed by atoms with Crippen molar-refractivity contribution < 1.29 is 28.9 Å². The lowest BCUT2D eigenvalue weighted by Gasteiger charge is -2.32. The molecule has 4 radical (unpaired) electrons. The van der Waals surface area contributed by atoms with Crippen molar-refractivity contribution in [1.82, 2.24) is 9.55 Å². The maximum absolute atomic E-state index is 13.5. The lowest BCUT2D eigenvalue weighted by molar-refractivity contribution is -0.154.